The van der Waals surface area contributed by atoms with Crippen molar-refractivity contribution < 1.29 is 22.0 Å². The van der Waals surface area contributed by atoms with Crippen LogP contribution in [0.3, 0.4) is 0 Å². The number of nitrogens with one attached hydrogen (secondary N) is 1. The van der Waals surface area contributed by atoms with Crippen LogP contribution in [0.1, 0.15) is 11.1 Å². The molecule has 0 atom stereocenters. The Bertz CT molecular complexity index is 1330. The number of halogens is 2. The van der Waals surface area contributed by atoms with Crippen molar-refractivity contribution >= 4 is 27.5 Å². The quantitative estimate of drug-likeness (QED) is 0.637. The van der Waals surface area contributed by atoms with Crippen LogP contribution in [-0.4, -0.2) is 41.2 Å². The van der Waals surface area contributed by atoms with Gasteiger partial charge in [-0.05, 0) is 48.0 Å². The van der Waals surface area contributed by atoms with E-state index in [2.05, 4.69) is 14.8 Å². The van der Waals surface area contributed by atoms with E-state index in [9.17, 15) is 22.0 Å². The second kappa shape index (κ2) is 8.35. The lowest BCUT2D eigenvalue weighted by Gasteiger charge is -2.23. The molecule has 0 aliphatic carbocycles. The number of nitrogens with zero attached hydrogens (tertiary/aromatic N) is 4. The average Bonchev–Trinajstić information content (AvgIpc) is 3.18. The molecule has 1 N–H and O–H groups in total. The number of hydrogen-bond acceptors (Lipinski definition) is 4. The molecule has 164 valence electrons. The van der Waals surface area contributed by atoms with E-state index in [1.54, 1.807) is 23.0 Å². The molecule has 0 radical (unpaired) electrons. The monoisotopic (exact) mass is 457 g/mol. The number of carbonyl (C=O) groups excluding carboxylic acids is 1. The highest BCUT2D eigenvalue weighted by atomic mass is 32.2. The Balaban J connectivity index is 1.54. The standard InChI is InChI=1S/C21H17F2N5O3S/c1-27-20(10-19(26-32(27,30)31)15-4-8-17(23)9-5-15)21(29)25-18-11-24-28(13-18)12-14-2-6-16(22)7-3-14/h2-11,13H,12H2,1H3,(H,25,29). The Kier molecular flexibility index (Phi) is 5.57. The molecular weight excluding hydrogens is 440 g/mol. The molecule has 1 aliphatic rings. The lowest BCUT2D eigenvalue weighted by atomic mass is 10.1. The fourth-order valence-corrected chi connectivity index (χ4v) is 3.92. The van der Waals surface area contributed by atoms with Crippen molar-refractivity contribution in [1.29, 1.82) is 0 Å². The summed E-state index contributed by atoms with van der Waals surface area (Å²) in [6, 6.07) is 11.0. The van der Waals surface area contributed by atoms with Crippen LogP contribution in [0.15, 0.2) is 77.1 Å². The van der Waals surface area contributed by atoms with Crippen molar-refractivity contribution in [2.45, 2.75) is 6.54 Å². The van der Waals surface area contributed by atoms with E-state index in [0.29, 0.717) is 17.8 Å². The minimum Gasteiger partial charge on any atom is -0.318 e. The van der Waals surface area contributed by atoms with Crippen molar-refractivity contribution in [2.75, 3.05) is 12.4 Å². The van der Waals surface area contributed by atoms with Gasteiger partial charge in [0.25, 0.3) is 5.91 Å². The smallest absolute Gasteiger partial charge is 0.318 e. The first kappa shape index (κ1) is 21.4. The Morgan fingerprint density at radius 2 is 1.66 bits per heavy atom. The molecule has 4 rings (SSSR count). The maximum atomic E-state index is 13.2. The molecule has 3 aromatic rings. The second-order valence-electron chi connectivity index (χ2n) is 6.97. The first-order valence-corrected chi connectivity index (χ1v) is 10.8. The lowest BCUT2D eigenvalue weighted by Crippen LogP contribution is -2.35. The Labute approximate surface area is 182 Å². The van der Waals surface area contributed by atoms with Gasteiger partial charge in [-0.15, -0.1) is 4.40 Å². The molecule has 0 saturated carbocycles. The number of carbonyl (C=O) groups is 1. The summed E-state index contributed by atoms with van der Waals surface area (Å²) < 4.78 is 57.1. The zero-order valence-electron chi connectivity index (χ0n) is 16.7. The molecule has 2 aromatic carbocycles. The number of allylic oxidation sites excluding steroid dienone is 1. The largest absolute Gasteiger partial charge is 0.345 e. The molecule has 1 aliphatic heterocycles. The third-order valence-corrected chi connectivity index (χ3v) is 6.01. The van der Waals surface area contributed by atoms with Crippen LogP contribution in [0.4, 0.5) is 14.5 Å². The van der Waals surface area contributed by atoms with Crippen LogP contribution in [0.5, 0.6) is 0 Å². The summed E-state index contributed by atoms with van der Waals surface area (Å²) in [5.41, 5.74) is 1.36. The van der Waals surface area contributed by atoms with Gasteiger partial charge in [-0.2, -0.15) is 13.5 Å². The normalized spacial score (nSPS) is 15.2. The van der Waals surface area contributed by atoms with Gasteiger partial charge in [0.15, 0.2) is 0 Å². The van der Waals surface area contributed by atoms with Gasteiger partial charge in [0.2, 0.25) is 0 Å². The topological polar surface area (TPSA) is 96.7 Å². The molecule has 2 heterocycles. The summed E-state index contributed by atoms with van der Waals surface area (Å²) in [5.74, 6) is -1.51. The van der Waals surface area contributed by atoms with Gasteiger partial charge in [0, 0.05) is 18.8 Å². The Morgan fingerprint density at radius 3 is 2.31 bits per heavy atom. The summed E-state index contributed by atoms with van der Waals surface area (Å²) in [6.07, 6.45) is 4.29. The first-order valence-electron chi connectivity index (χ1n) is 9.36. The number of likely N-dealkylation sites (N-methyl/N-ethyl adjacent to an activating group) is 1. The molecule has 0 saturated heterocycles. The molecule has 0 fully saturated rings. The van der Waals surface area contributed by atoms with Gasteiger partial charge in [-0.3, -0.25) is 9.48 Å². The van der Waals surface area contributed by atoms with Gasteiger partial charge >= 0.3 is 10.2 Å². The molecule has 0 spiro atoms. The summed E-state index contributed by atoms with van der Waals surface area (Å²) in [7, 11) is -2.94. The highest BCUT2D eigenvalue weighted by molar-refractivity contribution is 7.88. The van der Waals surface area contributed by atoms with Crippen LogP contribution in [0.2, 0.25) is 0 Å². The van der Waals surface area contributed by atoms with Crippen molar-refractivity contribution in [3.8, 4) is 0 Å². The SMILES string of the molecule is CN1C(C(=O)Nc2cnn(Cc3ccc(F)cc3)c2)=CC(c2ccc(F)cc2)=NS1(=O)=O. The first-order chi connectivity index (χ1) is 15.2. The highest BCUT2D eigenvalue weighted by Gasteiger charge is 2.30. The summed E-state index contributed by atoms with van der Waals surface area (Å²) in [5, 5.41) is 6.75. The molecule has 8 nitrogen and oxygen atoms in total. The van der Waals surface area contributed by atoms with Crippen LogP contribution < -0.4 is 5.32 Å². The number of benzene rings is 2. The fourth-order valence-electron chi connectivity index (χ4n) is 3.01. The van der Waals surface area contributed by atoms with Crippen LogP contribution in [-0.2, 0) is 21.5 Å². The van der Waals surface area contributed by atoms with Crippen molar-refractivity contribution in [1.82, 2.24) is 14.1 Å². The minimum atomic E-state index is -4.15. The van der Waals surface area contributed by atoms with Crippen molar-refractivity contribution in [3.63, 3.8) is 0 Å². The number of rotatable bonds is 5. The molecule has 1 amide bonds. The maximum absolute atomic E-state index is 13.2. The van der Waals surface area contributed by atoms with Crippen molar-refractivity contribution in [2.24, 2.45) is 4.40 Å². The van der Waals surface area contributed by atoms with Gasteiger partial charge in [0.1, 0.15) is 17.3 Å². The number of amides is 1. The summed E-state index contributed by atoms with van der Waals surface area (Å²) >= 11 is 0. The van der Waals surface area contributed by atoms with E-state index in [-0.39, 0.29) is 17.2 Å². The number of aromatic nitrogens is 2. The van der Waals surface area contributed by atoms with Crippen molar-refractivity contribution in [3.05, 3.63) is 95.5 Å². The van der Waals surface area contributed by atoms with Crippen LogP contribution in [0, 0.1) is 11.6 Å². The average molecular weight is 457 g/mol. The molecule has 0 bridgehead atoms. The number of hydrogen-bond donors (Lipinski definition) is 1. The van der Waals surface area contributed by atoms with Gasteiger partial charge in [0.05, 0.1) is 24.1 Å². The van der Waals surface area contributed by atoms with Gasteiger partial charge < -0.3 is 5.32 Å². The summed E-state index contributed by atoms with van der Waals surface area (Å²) in [6.45, 7) is 0.356. The van der Waals surface area contributed by atoms with E-state index in [0.717, 1.165) is 9.87 Å². The molecular formula is C21H17F2N5O3S. The van der Waals surface area contributed by atoms with E-state index < -0.39 is 21.9 Å². The molecule has 1 aromatic heterocycles. The number of anilines is 1. The van der Waals surface area contributed by atoms with E-state index in [1.807, 2.05) is 0 Å². The van der Waals surface area contributed by atoms with Gasteiger partial charge in [-0.1, -0.05) is 12.1 Å². The third-order valence-electron chi connectivity index (χ3n) is 4.69. The predicted molar refractivity (Wildman–Crippen MR) is 114 cm³/mol. The minimum absolute atomic E-state index is 0.0141. The predicted octanol–water partition coefficient (Wildman–Crippen LogP) is 2.71. The van der Waals surface area contributed by atoms with E-state index in [4.69, 9.17) is 0 Å². The van der Waals surface area contributed by atoms with Crippen LogP contribution >= 0.6 is 0 Å². The zero-order valence-corrected chi connectivity index (χ0v) is 17.6. The lowest BCUT2D eigenvalue weighted by molar-refractivity contribution is -0.113. The van der Waals surface area contributed by atoms with E-state index >= 15 is 0 Å². The fraction of sp³-hybridized carbons (Fsp3) is 0.0952. The third kappa shape index (κ3) is 4.57. The molecule has 11 heteroatoms. The van der Waals surface area contributed by atoms with Gasteiger partial charge in [-0.25, -0.2) is 13.1 Å². The second-order valence-corrected chi connectivity index (χ2v) is 8.59. The Hall–Kier alpha value is -3.86. The van der Waals surface area contributed by atoms with E-state index in [1.165, 1.54) is 55.7 Å². The zero-order chi connectivity index (χ0) is 22.9. The molecule has 32 heavy (non-hydrogen) atoms. The molecule has 0 unspecified atom stereocenters. The van der Waals surface area contributed by atoms with Crippen LogP contribution in [0.25, 0.3) is 0 Å². The maximum Gasteiger partial charge on any atom is 0.345 e. The highest BCUT2D eigenvalue weighted by Crippen LogP contribution is 2.21. The Morgan fingerprint density at radius 1 is 1.03 bits per heavy atom. The summed E-state index contributed by atoms with van der Waals surface area (Å²) in [4.78, 5) is 12.8.